The first-order chi connectivity index (χ1) is 32.0. The minimum absolute atomic E-state index is 0.231. The molecule has 5 N–H and O–H groups in total. The van der Waals surface area contributed by atoms with Crippen molar-refractivity contribution in [2.75, 3.05) is 18.4 Å². The van der Waals surface area contributed by atoms with E-state index in [9.17, 15) is 24.0 Å². The van der Waals surface area contributed by atoms with Gasteiger partial charge in [-0.3, -0.25) is 14.4 Å². The van der Waals surface area contributed by atoms with Crippen molar-refractivity contribution < 1.29 is 33.4 Å². The molecule has 0 unspecified atom stereocenters. The molecule has 2 fully saturated rings. The van der Waals surface area contributed by atoms with Gasteiger partial charge in [0.2, 0.25) is 5.91 Å². The van der Waals surface area contributed by atoms with E-state index in [2.05, 4.69) is 25.9 Å². The number of hydrogen-bond donors (Lipinski definition) is 5. The number of H-pyrrole nitrogens is 2. The van der Waals surface area contributed by atoms with Crippen LogP contribution in [0.25, 0.3) is 33.4 Å². The number of rotatable bonds is 11. The number of aromatic nitrogens is 3. The van der Waals surface area contributed by atoms with E-state index in [0.717, 1.165) is 46.3 Å². The number of imidazole rings is 1. The molecule has 4 aromatic carbocycles. The molecule has 15 nitrogen and oxygen atoms in total. The van der Waals surface area contributed by atoms with Crippen LogP contribution in [0.4, 0.5) is 15.3 Å². The van der Waals surface area contributed by atoms with Gasteiger partial charge < -0.3 is 45.2 Å². The number of hydrogen-bond acceptors (Lipinski definition) is 8. The average Bonchev–Trinajstić information content (AvgIpc) is 4.13. The van der Waals surface area contributed by atoms with E-state index in [4.69, 9.17) is 14.5 Å². The Bertz CT molecular complexity index is 2740. The summed E-state index contributed by atoms with van der Waals surface area (Å²) in [6.45, 7) is 11.5. The largest absolute Gasteiger partial charge is 0.444 e. The van der Waals surface area contributed by atoms with Crippen LogP contribution in [-0.2, 0) is 23.9 Å². The Morgan fingerprint density at radius 2 is 1.18 bits per heavy atom. The third-order valence-electron chi connectivity index (χ3n) is 11.8. The number of anilines is 1. The van der Waals surface area contributed by atoms with E-state index in [-0.39, 0.29) is 23.8 Å². The van der Waals surface area contributed by atoms with Crippen molar-refractivity contribution in [3.63, 3.8) is 0 Å². The van der Waals surface area contributed by atoms with Crippen molar-refractivity contribution in [2.45, 2.75) is 103 Å². The normalized spacial score (nSPS) is 17.2. The fourth-order valence-corrected chi connectivity index (χ4v) is 8.74. The van der Waals surface area contributed by atoms with Crippen LogP contribution >= 0.6 is 0 Å². The van der Waals surface area contributed by atoms with Gasteiger partial charge in [-0.25, -0.2) is 14.6 Å². The first kappa shape index (κ1) is 46.1. The fourth-order valence-electron chi connectivity index (χ4n) is 8.74. The van der Waals surface area contributed by atoms with Gasteiger partial charge in [-0.2, -0.15) is 0 Å². The second-order valence-corrected chi connectivity index (χ2v) is 19.1. The van der Waals surface area contributed by atoms with Gasteiger partial charge in [-0.1, -0.05) is 84.9 Å². The van der Waals surface area contributed by atoms with Gasteiger partial charge in [0.15, 0.2) is 0 Å². The van der Waals surface area contributed by atoms with Gasteiger partial charge in [0.1, 0.15) is 35.2 Å². The van der Waals surface area contributed by atoms with Crippen molar-refractivity contribution in [1.82, 2.24) is 35.4 Å². The molecule has 0 bridgehead atoms. The van der Waals surface area contributed by atoms with Crippen LogP contribution < -0.4 is 16.0 Å². The Hall–Kier alpha value is -7.42. The zero-order valence-corrected chi connectivity index (χ0v) is 38.7. The maximum Gasteiger partial charge on any atom is 0.408 e. The molecule has 6 aromatic rings. The molecule has 2 aromatic heterocycles. The van der Waals surface area contributed by atoms with Crippen molar-refractivity contribution in [1.29, 1.82) is 0 Å². The van der Waals surface area contributed by atoms with Crippen molar-refractivity contribution in [3.8, 4) is 22.5 Å². The lowest BCUT2D eigenvalue weighted by Crippen LogP contribution is -2.49. The standard InChI is InChI=1S/C52H58N8O7/c1-51(2,3)66-49(64)57-43(34-15-9-7-10-16-34)47(62)59-27-13-19-41(59)45-53-31-40(56-45)33-23-21-32(22-24-33)39-30-36-29-37(25-26-38(36)55-39)54-46(61)42-20-14-28-60(42)48(63)44(35-17-11-8-12-18-35)58-50(65)67-52(4,5)6/h7-12,15-18,21-26,29-31,41-44,55H,13-14,19-20,27-28H2,1-6H3,(H,53,56)(H,54,61)(H,57,64)(H,58,65)/t41-,42-,43+,44+/m0/s1. The smallest absolute Gasteiger partial charge is 0.408 e. The molecule has 15 heteroatoms. The summed E-state index contributed by atoms with van der Waals surface area (Å²) in [6.07, 6.45) is 3.04. The molecule has 4 atom stereocenters. The quantitative estimate of drug-likeness (QED) is 0.0850. The number of carbonyl (C=O) groups excluding carboxylic acids is 5. The van der Waals surface area contributed by atoms with Gasteiger partial charge in [-0.05, 0) is 114 Å². The summed E-state index contributed by atoms with van der Waals surface area (Å²) >= 11 is 0. The molecule has 0 spiro atoms. The number of likely N-dealkylation sites (tertiary alicyclic amines) is 2. The van der Waals surface area contributed by atoms with Crippen LogP contribution in [0.2, 0.25) is 0 Å². The molecule has 8 rings (SSSR count). The number of alkyl carbamates (subject to hydrolysis) is 2. The van der Waals surface area contributed by atoms with E-state index in [1.165, 1.54) is 0 Å². The van der Waals surface area contributed by atoms with Gasteiger partial charge in [0.25, 0.3) is 11.8 Å². The van der Waals surface area contributed by atoms with Crippen LogP contribution in [0, 0.1) is 0 Å². The Labute approximate surface area is 390 Å². The first-order valence-electron chi connectivity index (χ1n) is 22.8. The maximum atomic E-state index is 14.2. The fraction of sp³-hybridized carbons (Fsp3) is 0.346. The Morgan fingerprint density at radius 1 is 0.642 bits per heavy atom. The monoisotopic (exact) mass is 906 g/mol. The molecular formula is C52H58N8O7. The molecule has 0 radical (unpaired) electrons. The Kier molecular flexibility index (Phi) is 13.2. The molecule has 4 heterocycles. The van der Waals surface area contributed by atoms with Crippen LogP contribution in [-0.4, -0.2) is 85.0 Å². The summed E-state index contributed by atoms with van der Waals surface area (Å²) in [7, 11) is 0. The minimum Gasteiger partial charge on any atom is -0.444 e. The van der Waals surface area contributed by atoms with Gasteiger partial charge in [0.05, 0.1) is 17.9 Å². The lowest BCUT2D eigenvalue weighted by molar-refractivity contribution is -0.138. The number of ether oxygens (including phenoxy) is 2. The number of carbonyl (C=O) groups is 5. The third kappa shape index (κ3) is 11.0. The van der Waals surface area contributed by atoms with Crippen molar-refractivity contribution >= 4 is 46.5 Å². The number of amides is 5. The summed E-state index contributed by atoms with van der Waals surface area (Å²) < 4.78 is 11.0. The summed E-state index contributed by atoms with van der Waals surface area (Å²) in [5.41, 5.74) is 4.83. The van der Waals surface area contributed by atoms with E-state index in [0.29, 0.717) is 48.6 Å². The summed E-state index contributed by atoms with van der Waals surface area (Å²) in [5.74, 6) is -0.242. The minimum atomic E-state index is -1.03. The van der Waals surface area contributed by atoms with E-state index >= 15 is 0 Å². The lowest BCUT2D eigenvalue weighted by Gasteiger charge is -2.29. The third-order valence-corrected chi connectivity index (χ3v) is 11.8. The predicted molar refractivity (Wildman–Crippen MR) is 255 cm³/mol. The van der Waals surface area contributed by atoms with E-state index in [1.807, 2.05) is 84.9 Å². The van der Waals surface area contributed by atoms with Crippen LogP contribution in [0.5, 0.6) is 0 Å². The zero-order chi connectivity index (χ0) is 47.5. The van der Waals surface area contributed by atoms with Gasteiger partial charge in [-0.15, -0.1) is 0 Å². The van der Waals surface area contributed by atoms with Crippen LogP contribution in [0.15, 0.2) is 115 Å². The Balaban J connectivity index is 0.925. The molecule has 0 aliphatic carbocycles. The van der Waals surface area contributed by atoms with E-state index in [1.54, 1.807) is 81.8 Å². The SMILES string of the molecule is CC(C)(C)OC(=O)N[C@@H](C(=O)N1CCC[C@H]1C(=O)Nc1ccc2[nH]c(-c3ccc(-c4cnc([C@@H]5CCCN5C(=O)[C@H](NC(=O)OC(C)(C)C)c5ccccc5)[nH]4)cc3)cc2c1)c1ccccc1. The second-order valence-electron chi connectivity index (χ2n) is 19.1. The number of fused-ring (bicyclic) bond motifs is 1. The molecule has 0 saturated carbocycles. The van der Waals surface area contributed by atoms with E-state index < -0.39 is 41.5 Å². The number of nitrogens with one attached hydrogen (secondary N) is 5. The van der Waals surface area contributed by atoms with Gasteiger partial charge in [0, 0.05) is 35.4 Å². The molecular weight excluding hydrogens is 849 g/mol. The first-order valence-corrected chi connectivity index (χ1v) is 22.8. The number of benzene rings is 4. The number of nitrogens with zero attached hydrogens (tertiary/aromatic N) is 3. The molecule has 2 aliphatic heterocycles. The molecule has 67 heavy (non-hydrogen) atoms. The topological polar surface area (TPSA) is 191 Å². The highest BCUT2D eigenvalue weighted by Gasteiger charge is 2.40. The lowest BCUT2D eigenvalue weighted by atomic mass is 10.0. The highest BCUT2D eigenvalue weighted by Crippen LogP contribution is 2.35. The second kappa shape index (κ2) is 19.2. The molecule has 2 saturated heterocycles. The highest BCUT2D eigenvalue weighted by molar-refractivity contribution is 6.00. The zero-order valence-electron chi connectivity index (χ0n) is 38.7. The van der Waals surface area contributed by atoms with Crippen LogP contribution in [0.1, 0.15) is 102 Å². The van der Waals surface area contributed by atoms with Crippen LogP contribution in [0.3, 0.4) is 0 Å². The van der Waals surface area contributed by atoms with Crippen molar-refractivity contribution in [2.24, 2.45) is 0 Å². The maximum absolute atomic E-state index is 14.2. The Morgan fingerprint density at radius 3 is 1.76 bits per heavy atom. The van der Waals surface area contributed by atoms with Gasteiger partial charge >= 0.3 is 12.2 Å². The predicted octanol–water partition coefficient (Wildman–Crippen LogP) is 9.35. The highest BCUT2D eigenvalue weighted by atomic mass is 16.6. The molecule has 348 valence electrons. The summed E-state index contributed by atoms with van der Waals surface area (Å²) in [6, 6.07) is 30.9. The number of aromatic amines is 2. The summed E-state index contributed by atoms with van der Waals surface area (Å²) in [4.78, 5) is 82.8. The molecule has 5 amide bonds. The summed E-state index contributed by atoms with van der Waals surface area (Å²) in [5, 5.41) is 9.48. The van der Waals surface area contributed by atoms with Crippen molar-refractivity contribution in [3.05, 3.63) is 132 Å². The average molecular weight is 907 g/mol. The molecule has 2 aliphatic rings.